The summed E-state index contributed by atoms with van der Waals surface area (Å²) < 4.78 is 34.9. The Morgan fingerprint density at radius 2 is 1.68 bits per heavy atom. The van der Waals surface area contributed by atoms with Gasteiger partial charge in [0.05, 0.1) is 6.21 Å². The SMILES string of the molecule is O=C(CO/N=C/c1ccccc1OC(F)F)Nc1ccc(OCc2ccccc2)cc1. The molecule has 0 heterocycles. The first-order chi connectivity index (χ1) is 15.1. The minimum absolute atomic E-state index is 0.0381. The number of halogens is 2. The molecule has 0 aliphatic carbocycles. The first kappa shape index (κ1) is 21.8. The Labute approximate surface area is 178 Å². The molecule has 0 atom stereocenters. The van der Waals surface area contributed by atoms with Crippen LogP contribution in [0.25, 0.3) is 0 Å². The van der Waals surface area contributed by atoms with Crippen molar-refractivity contribution in [1.82, 2.24) is 0 Å². The number of hydrogen-bond acceptors (Lipinski definition) is 5. The van der Waals surface area contributed by atoms with Crippen LogP contribution in [0.5, 0.6) is 11.5 Å². The van der Waals surface area contributed by atoms with Crippen LogP contribution in [-0.4, -0.2) is 25.3 Å². The van der Waals surface area contributed by atoms with Crippen LogP contribution in [0.2, 0.25) is 0 Å². The number of carbonyl (C=O) groups excluding carboxylic acids is 1. The second-order valence-electron chi connectivity index (χ2n) is 6.27. The maximum absolute atomic E-state index is 12.4. The molecule has 0 bridgehead atoms. The molecule has 1 amide bonds. The number of nitrogens with one attached hydrogen (secondary N) is 1. The molecule has 3 aromatic rings. The number of rotatable bonds is 10. The van der Waals surface area contributed by atoms with Crippen molar-refractivity contribution in [2.75, 3.05) is 11.9 Å². The third-order valence-electron chi connectivity index (χ3n) is 3.98. The van der Waals surface area contributed by atoms with Crippen molar-refractivity contribution in [2.45, 2.75) is 13.2 Å². The molecule has 6 nitrogen and oxygen atoms in total. The number of oxime groups is 1. The van der Waals surface area contributed by atoms with Gasteiger partial charge in [0.1, 0.15) is 18.1 Å². The molecule has 0 unspecified atom stereocenters. The Morgan fingerprint density at radius 3 is 2.42 bits per heavy atom. The van der Waals surface area contributed by atoms with Crippen LogP contribution in [-0.2, 0) is 16.2 Å². The monoisotopic (exact) mass is 426 g/mol. The van der Waals surface area contributed by atoms with Crippen molar-refractivity contribution in [3.63, 3.8) is 0 Å². The molecule has 1 N–H and O–H groups in total. The number of anilines is 1. The van der Waals surface area contributed by atoms with E-state index in [1.807, 2.05) is 30.3 Å². The van der Waals surface area contributed by atoms with E-state index in [1.165, 1.54) is 18.3 Å². The van der Waals surface area contributed by atoms with Crippen molar-refractivity contribution in [3.8, 4) is 11.5 Å². The summed E-state index contributed by atoms with van der Waals surface area (Å²) in [7, 11) is 0. The van der Waals surface area contributed by atoms with Gasteiger partial charge >= 0.3 is 6.61 Å². The third-order valence-corrected chi connectivity index (χ3v) is 3.98. The maximum atomic E-state index is 12.4. The summed E-state index contributed by atoms with van der Waals surface area (Å²) in [6.07, 6.45) is 1.20. The highest BCUT2D eigenvalue weighted by atomic mass is 19.3. The summed E-state index contributed by atoms with van der Waals surface area (Å²) >= 11 is 0. The van der Waals surface area contributed by atoms with Gasteiger partial charge in [0.15, 0.2) is 6.61 Å². The Bertz CT molecular complexity index is 996. The number of carbonyl (C=O) groups is 1. The molecule has 0 aromatic heterocycles. The van der Waals surface area contributed by atoms with Crippen molar-refractivity contribution in [1.29, 1.82) is 0 Å². The highest BCUT2D eigenvalue weighted by Gasteiger charge is 2.08. The highest BCUT2D eigenvalue weighted by Crippen LogP contribution is 2.19. The number of para-hydroxylation sites is 1. The molecule has 3 rings (SSSR count). The first-order valence-electron chi connectivity index (χ1n) is 9.36. The van der Waals surface area contributed by atoms with Crippen LogP contribution in [0.4, 0.5) is 14.5 Å². The lowest BCUT2D eigenvalue weighted by molar-refractivity contribution is -0.120. The Morgan fingerprint density at radius 1 is 0.968 bits per heavy atom. The van der Waals surface area contributed by atoms with Gasteiger partial charge in [0.25, 0.3) is 5.91 Å². The zero-order valence-electron chi connectivity index (χ0n) is 16.4. The fourth-order valence-corrected chi connectivity index (χ4v) is 2.55. The standard InChI is InChI=1S/C23H20F2N2O4/c24-23(25)31-21-9-5-4-8-18(21)14-26-30-16-22(28)27-19-10-12-20(13-11-19)29-15-17-6-2-1-3-7-17/h1-14,23H,15-16H2,(H,27,28)/b26-14+. The fourth-order valence-electron chi connectivity index (χ4n) is 2.55. The van der Waals surface area contributed by atoms with Gasteiger partial charge < -0.3 is 19.6 Å². The number of amides is 1. The quantitative estimate of drug-likeness (QED) is 0.372. The molecule has 3 aromatic carbocycles. The van der Waals surface area contributed by atoms with Gasteiger partial charge in [-0.25, -0.2) is 0 Å². The van der Waals surface area contributed by atoms with Gasteiger partial charge in [-0.15, -0.1) is 0 Å². The summed E-state index contributed by atoms with van der Waals surface area (Å²) in [5.74, 6) is 0.212. The number of alkyl halides is 2. The zero-order chi connectivity index (χ0) is 21.9. The molecule has 0 saturated carbocycles. The maximum Gasteiger partial charge on any atom is 0.387 e. The average Bonchev–Trinajstić information content (AvgIpc) is 2.77. The number of benzene rings is 3. The predicted octanol–water partition coefficient (Wildman–Crippen LogP) is 4.86. The van der Waals surface area contributed by atoms with E-state index in [0.717, 1.165) is 5.56 Å². The number of ether oxygens (including phenoxy) is 2. The molecule has 0 saturated heterocycles. The normalized spacial score (nSPS) is 10.8. The number of nitrogens with zero attached hydrogens (tertiary/aromatic N) is 1. The Hall–Kier alpha value is -3.94. The zero-order valence-corrected chi connectivity index (χ0v) is 16.4. The molecule has 0 aliphatic heterocycles. The summed E-state index contributed by atoms with van der Waals surface area (Å²) in [5, 5.41) is 6.29. The minimum atomic E-state index is -2.95. The predicted molar refractivity (Wildman–Crippen MR) is 112 cm³/mol. The van der Waals surface area contributed by atoms with Crippen molar-refractivity contribution in [2.24, 2.45) is 5.16 Å². The van der Waals surface area contributed by atoms with Gasteiger partial charge in [0.2, 0.25) is 0 Å². The van der Waals surface area contributed by atoms with E-state index in [0.29, 0.717) is 23.6 Å². The summed E-state index contributed by atoms with van der Waals surface area (Å²) in [6, 6.07) is 22.8. The molecule has 0 fully saturated rings. The second kappa shape index (κ2) is 11.3. The van der Waals surface area contributed by atoms with Gasteiger partial charge in [-0.05, 0) is 42.0 Å². The van der Waals surface area contributed by atoms with Gasteiger partial charge in [0, 0.05) is 11.3 Å². The van der Waals surface area contributed by atoms with E-state index in [1.54, 1.807) is 36.4 Å². The van der Waals surface area contributed by atoms with Crippen molar-refractivity contribution >= 4 is 17.8 Å². The van der Waals surface area contributed by atoms with E-state index in [9.17, 15) is 13.6 Å². The largest absolute Gasteiger partial charge is 0.489 e. The van der Waals surface area contributed by atoms with E-state index < -0.39 is 12.5 Å². The van der Waals surface area contributed by atoms with E-state index >= 15 is 0 Å². The highest BCUT2D eigenvalue weighted by molar-refractivity contribution is 5.91. The van der Waals surface area contributed by atoms with E-state index in [-0.39, 0.29) is 12.4 Å². The molecule has 31 heavy (non-hydrogen) atoms. The summed E-state index contributed by atoms with van der Waals surface area (Å²) in [5.41, 5.74) is 1.93. The lowest BCUT2D eigenvalue weighted by atomic mass is 10.2. The fraction of sp³-hybridized carbons (Fsp3) is 0.130. The topological polar surface area (TPSA) is 69.2 Å². The average molecular weight is 426 g/mol. The van der Waals surface area contributed by atoms with E-state index in [2.05, 4.69) is 15.2 Å². The Balaban J connectivity index is 1.43. The molecular formula is C23H20F2N2O4. The summed E-state index contributed by atoms with van der Waals surface area (Å²) in [6.45, 7) is -2.85. The van der Waals surface area contributed by atoms with Crippen LogP contribution < -0.4 is 14.8 Å². The lowest BCUT2D eigenvalue weighted by Crippen LogP contribution is -2.16. The molecule has 0 spiro atoms. The minimum Gasteiger partial charge on any atom is -0.489 e. The Kier molecular flexibility index (Phi) is 7.93. The van der Waals surface area contributed by atoms with Crippen LogP contribution in [0.1, 0.15) is 11.1 Å². The first-order valence-corrected chi connectivity index (χ1v) is 9.36. The summed E-state index contributed by atoms with van der Waals surface area (Å²) in [4.78, 5) is 16.9. The van der Waals surface area contributed by atoms with Crippen molar-refractivity contribution in [3.05, 3.63) is 90.0 Å². The van der Waals surface area contributed by atoms with Gasteiger partial charge in [-0.1, -0.05) is 47.6 Å². The van der Waals surface area contributed by atoms with Gasteiger partial charge in [-0.2, -0.15) is 8.78 Å². The van der Waals surface area contributed by atoms with E-state index in [4.69, 9.17) is 9.57 Å². The van der Waals surface area contributed by atoms with Crippen LogP contribution >= 0.6 is 0 Å². The molecular weight excluding hydrogens is 406 g/mol. The van der Waals surface area contributed by atoms with Crippen LogP contribution in [0.3, 0.4) is 0 Å². The van der Waals surface area contributed by atoms with Crippen LogP contribution in [0, 0.1) is 0 Å². The second-order valence-corrected chi connectivity index (χ2v) is 6.27. The smallest absolute Gasteiger partial charge is 0.387 e. The molecule has 160 valence electrons. The number of hydrogen-bond donors (Lipinski definition) is 1. The third kappa shape index (κ3) is 7.43. The molecule has 8 heteroatoms. The lowest BCUT2D eigenvalue weighted by Gasteiger charge is -2.08. The van der Waals surface area contributed by atoms with Crippen molar-refractivity contribution < 1.29 is 27.9 Å². The molecule has 0 aliphatic rings. The van der Waals surface area contributed by atoms with Crippen LogP contribution in [0.15, 0.2) is 84.0 Å². The van der Waals surface area contributed by atoms with Gasteiger partial charge in [-0.3, -0.25) is 4.79 Å². The molecule has 0 radical (unpaired) electrons.